The molecule has 1 aromatic rings. The summed E-state index contributed by atoms with van der Waals surface area (Å²) in [7, 11) is 0. The summed E-state index contributed by atoms with van der Waals surface area (Å²) in [6.45, 7) is 1.89. The number of rotatable bonds is 2. The first-order chi connectivity index (χ1) is 7.69. The molecule has 2 heterocycles. The average Bonchev–Trinajstić information content (AvgIpc) is 2.29. The van der Waals surface area contributed by atoms with Gasteiger partial charge < -0.3 is 10.6 Å². The van der Waals surface area contributed by atoms with E-state index < -0.39 is 0 Å². The van der Waals surface area contributed by atoms with Crippen LogP contribution in [0.2, 0.25) is 5.15 Å². The van der Waals surface area contributed by atoms with Crippen LogP contribution < -0.4 is 10.6 Å². The Labute approximate surface area is 105 Å². The van der Waals surface area contributed by atoms with Gasteiger partial charge in [-0.05, 0) is 19.1 Å². The Bertz CT molecular complexity index is 366. The van der Waals surface area contributed by atoms with Crippen molar-refractivity contribution < 1.29 is 0 Å². The first-order valence-corrected chi connectivity index (χ1v) is 6.88. The number of piperidine rings is 1. The summed E-state index contributed by atoms with van der Waals surface area (Å²) in [5, 5.41) is 1.22. The number of anilines is 1. The topological polar surface area (TPSA) is 55.0 Å². The number of thioether (sulfide) groups is 1. The van der Waals surface area contributed by atoms with E-state index in [9.17, 15) is 0 Å². The summed E-state index contributed by atoms with van der Waals surface area (Å²) >= 11 is 7.46. The standard InChI is InChI=1S/C10H15ClN4S/c1-16-10-13-8(11)6-9(14-10)15-4-2-7(12)3-5-15/h6-7H,2-5,12H2,1H3. The zero-order valence-corrected chi connectivity index (χ0v) is 10.8. The van der Waals surface area contributed by atoms with Crippen molar-refractivity contribution in [3.8, 4) is 0 Å². The molecule has 0 saturated carbocycles. The maximum absolute atomic E-state index is 5.96. The van der Waals surface area contributed by atoms with Gasteiger partial charge in [-0.3, -0.25) is 0 Å². The second kappa shape index (κ2) is 5.21. The van der Waals surface area contributed by atoms with E-state index in [-0.39, 0.29) is 0 Å². The molecular formula is C10H15ClN4S. The van der Waals surface area contributed by atoms with Crippen molar-refractivity contribution in [2.24, 2.45) is 5.73 Å². The van der Waals surface area contributed by atoms with E-state index in [4.69, 9.17) is 17.3 Å². The van der Waals surface area contributed by atoms with E-state index in [1.165, 1.54) is 11.8 Å². The minimum absolute atomic E-state index is 0.327. The Balaban J connectivity index is 2.16. The van der Waals surface area contributed by atoms with Crippen LogP contribution in [0.15, 0.2) is 11.2 Å². The number of hydrogen-bond acceptors (Lipinski definition) is 5. The molecule has 2 N–H and O–H groups in total. The second-order valence-corrected chi connectivity index (χ2v) is 5.02. The molecule has 0 atom stereocenters. The summed E-state index contributed by atoms with van der Waals surface area (Å²) in [6.07, 6.45) is 3.97. The van der Waals surface area contributed by atoms with E-state index in [2.05, 4.69) is 14.9 Å². The summed E-state index contributed by atoms with van der Waals surface area (Å²) in [4.78, 5) is 10.8. The normalized spacial score (nSPS) is 17.8. The Kier molecular flexibility index (Phi) is 3.89. The van der Waals surface area contributed by atoms with Gasteiger partial charge in [0.05, 0.1) is 0 Å². The summed E-state index contributed by atoms with van der Waals surface area (Å²) in [5.74, 6) is 0.913. The van der Waals surface area contributed by atoms with Gasteiger partial charge in [-0.1, -0.05) is 23.4 Å². The monoisotopic (exact) mass is 258 g/mol. The molecule has 16 heavy (non-hydrogen) atoms. The maximum Gasteiger partial charge on any atom is 0.190 e. The van der Waals surface area contributed by atoms with E-state index >= 15 is 0 Å². The Hall–Kier alpha value is -0.520. The van der Waals surface area contributed by atoms with E-state index in [0.717, 1.165) is 36.9 Å². The number of halogens is 1. The van der Waals surface area contributed by atoms with Crippen LogP contribution in [-0.4, -0.2) is 35.4 Å². The fraction of sp³-hybridized carbons (Fsp3) is 0.600. The fourth-order valence-corrected chi connectivity index (χ4v) is 2.37. The number of nitrogens with zero attached hydrogens (tertiary/aromatic N) is 3. The van der Waals surface area contributed by atoms with Crippen LogP contribution in [0.5, 0.6) is 0 Å². The zero-order valence-electron chi connectivity index (χ0n) is 9.19. The highest BCUT2D eigenvalue weighted by Gasteiger charge is 2.18. The van der Waals surface area contributed by atoms with Gasteiger partial charge >= 0.3 is 0 Å². The van der Waals surface area contributed by atoms with Gasteiger partial charge in [0, 0.05) is 25.2 Å². The third kappa shape index (κ3) is 2.78. The number of aromatic nitrogens is 2. The highest BCUT2D eigenvalue weighted by molar-refractivity contribution is 7.98. The molecule has 0 spiro atoms. The Morgan fingerprint density at radius 1 is 1.44 bits per heavy atom. The van der Waals surface area contributed by atoms with Crippen molar-refractivity contribution in [3.05, 3.63) is 11.2 Å². The smallest absolute Gasteiger partial charge is 0.190 e. The molecule has 0 aliphatic carbocycles. The molecule has 2 rings (SSSR count). The predicted octanol–water partition coefficient (Wildman–Crippen LogP) is 1.78. The van der Waals surface area contributed by atoms with Crippen molar-refractivity contribution in [1.82, 2.24) is 9.97 Å². The van der Waals surface area contributed by atoms with Gasteiger partial charge in [0.2, 0.25) is 0 Å². The van der Waals surface area contributed by atoms with Crippen molar-refractivity contribution in [3.63, 3.8) is 0 Å². The molecular weight excluding hydrogens is 244 g/mol. The minimum atomic E-state index is 0.327. The van der Waals surface area contributed by atoms with Crippen LogP contribution in [0.3, 0.4) is 0 Å². The third-order valence-corrected chi connectivity index (χ3v) is 3.45. The molecule has 0 unspecified atom stereocenters. The lowest BCUT2D eigenvalue weighted by Gasteiger charge is -2.31. The van der Waals surface area contributed by atoms with Gasteiger partial charge in [-0.25, -0.2) is 9.97 Å². The molecule has 0 bridgehead atoms. The van der Waals surface area contributed by atoms with Gasteiger partial charge in [0.15, 0.2) is 5.16 Å². The third-order valence-electron chi connectivity index (χ3n) is 2.71. The molecule has 0 amide bonds. The van der Waals surface area contributed by atoms with E-state index in [1.54, 1.807) is 0 Å². The molecule has 1 aliphatic heterocycles. The molecule has 1 fully saturated rings. The summed E-state index contributed by atoms with van der Waals surface area (Å²) in [6, 6.07) is 2.14. The Morgan fingerprint density at radius 3 is 2.75 bits per heavy atom. The quantitative estimate of drug-likeness (QED) is 0.498. The molecule has 88 valence electrons. The summed E-state index contributed by atoms with van der Waals surface area (Å²) in [5.41, 5.74) is 5.87. The van der Waals surface area contributed by atoms with Crippen LogP contribution >= 0.6 is 23.4 Å². The average molecular weight is 259 g/mol. The van der Waals surface area contributed by atoms with Crippen molar-refractivity contribution in [2.75, 3.05) is 24.2 Å². The van der Waals surface area contributed by atoms with Crippen LogP contribution in [0.4, 0.5) is 5.82 Å². The minimum Gasteiger partial charge on any atom is -0.356 e. The SMILES string of the molecule is CSc1nc(Cl)cc(N2CCC(N)CC2)n1. The zero-order chi connectivity index (χ0) is 11.5. The molecule has 1 aromatic heterocycles. The van der Waals surface area contributed by atoms with E-state index in [0.29, 0.717) is 11.2 Å². The van der Waals surface area contributed by atoms with Crippen LogP contribution in [-0.2, 0) is 0 Å². The van der Waals surface area contributed by atoms with Crippen molar-refractivity contribution in [1.29, 1.82) is 0 Å². The van der Waals surface area contributed by atoms with Gasteiger partial charge in [-0.15, -0.1) is 0 Å². The van der Waals surface area contributed by atoms with Gasteiger partial charge in [0.1, 0.15) is 11.0 Å². The largest absolute Gasteiger partial charge is 0.356 e. The van der Waals surface area contributed by atoms with Crippen LogP contribution in [0, 0.1) is 0 Å². The fourth-order valence-electron chi connectivity index (χ4n) is 1.77. The maximum atomic E-state index is 5.96. The highest BCUT2D eigenvalue weighted by Crippen LogP contribution is 2.22. The molecule has 0 radical (unpaired) electrons. The van der Waals surface area contributed by atoms with Gasteiger partial charge in [-0.2, -0.15) is 0 Å². The van der Waals surface area contributed by atoms with Gasteiger partial charge in [0.25, 0.3) is 0 Å². The Morgan fingerprint density at radius 2 is 2.12 bits per heavy atom. The lowest BCUT2D eigenvalue weighted by Crippen LogP contribution is -2.40. The number of hydrogen-bond donors (Lipinski definition) is 1. The van der Waals surface area contributed by atoms with Crippen LogP contribution in [0.25, 0.3) is 0 Å². The first kappa shape index (κ1) is 12.0. The highest BCUT2D eigenvalue weighted by atomic mass is 35.5. The van der Waals surface area contributed by atoms with Crippen molar-refractivity contribution in [2.45, 2.75) is 24.0 Å². The predicted molar refractivity (Wildman–Crippen MR) is 68.2 cm³/mol. The van der Waals surface area contributed by atoms with E-state index in [1.807, 2.05) is 12.3 Å². The van der Waals surface area contributed by atoms with Crippen molar-refractivity contribution >= 4 is 29.2 Å². The lowest BCUT2D eigenvalue weighted by atomic mass is 10.1. The second-order valence-electron chi connectivity index (χ2n) is 3.86. The molecule has 1 aliphatic rings. The molecule has 6 heteroatoms. The first-order valence-electron chi connectivity index (χ1n) is 5.28. The summed E-state index contributed by atoms with van der Waals surface area (Å²) < 4.78 is 0. The number of nitrogens with two attached hydrogens (primary N) is 1. The molecule has 0 aromatic carbocycles. The molecule has 4 nitrogen and oxygen atoms in total. The molecule has 1 saturated heterocycles. The lowest BCUT2D eigenvalue weighted by molar-refractivity contribution is 0.497. The van der Waals surface area contributed by atoms with Crippen LogP contribution in [0.1, 0.15) is 12.8 Å².